The molecule has 4 heterocycles. The first-order valence-corrected chi connectivity index (χ1v) is 18.4. The second-order valence-electron chi connectivity index (χ2n) is 13.7. The maximum Gasteiger partial charge on any atom is 0.180 e. The van der Waals surface area contributed by atoms with Gasteiger partial charge in [0, 0.05) is 44.0 Å². The minimum Gasteiger partial charge on any atom is -0.456 e. The predicted octanol–water partition coefficient (Wildman–Crippen LogP) is 12.5. The lowest BCUT2D eigenvalue weighted by molar-refractivity contribution is 0.667. The van der Waals surface area contributed by atoms with Crippen LogP contribution >= 0.6 is 0 Å². The highest BCUT2D eigenvalue weighted by molar-refractivity contribution is 6.08. The normalized spacial score (nSPS) is 11.6. The Bertz CT molecular complexity index is 3170. The van der Waals surface area contributed by atoms with Crippen LogP contribution in [0.15, 0.2) is 185 Å². The SMILES string of the molecule is c1ccc(-c2nc(-c3ccccc3)nc(-c3ccc4oc5cc(-c6ccc(-c7nc(-c8ccccc8)nc8c7oc7ccccc78)cc6)ccc5c4c3)n2)cc1. The fraction of sp³-hybridized carbons (Fsp3) is 0. The van der Waals surface area contributed by atoms with Crippen LogP contribution in [0.4, 0.5) is 0 Å². The van der Waals surface area contributed by atoms with Gasteiger partial charge < -0.3 is 8.83 Å². The standard InChI is InChI=1S/C49H29N5O2/c1-4-12-32(13-5-1)46-50-43(45-44(51-46)38-18-10-11-19-40(38)56-45)31-22-20-30(21-23-31)35-24-26-37-39-28-36(25-27-41(39)55-42(37)29-35)49-53-47(33-14-6-2-7-15-33)52-48(54-49)34-16-8-3-9-17-34/h1-29H. The first-order valence-electron chi connectivity index (χ1n) is 18.4. The molecule has 0 radical (unpaired) electrons. The fourth-order valence-corrected chi connectivity index (χ4v) is 7.36. The van der Waals surface area contributed by atoms with E-state index < -0.39 is 0 Å². The van der Waals surface area contributed by atoms with Crippen LogP contribution in [0, 0.1) is 0 Å². The lowest BCUT2D eigenvalue weighted by Crippen LogP contribution is -2.00. The van der Waals surface area contributed by atoms with Crippen LogP contribution in [0.25, 0.3) is 112 Å². The number of hydrogen-bond acceptors (Lipinski definition) is 7. The molecule has 0 atom stereocenters. The third kappa shape index (κ3) is 5.49. The van der Waals surface area contributed by atoms with E-state index in [1.807, 2.05) is 127 Å². The first-order chi connectivity index (χ1) is 27.7. The topological polar surface area (TPSA) is 90.7 Å². The molecule has 56 heavy (non-hydrogen) atoms. The summed E-state index contributed by atoms with van der Waals surface area (Å²) in [7, 11) is 0. The zero-order valence-corrected chi connectivity index (χ0v) is 29.8. The molecule has 7 nitrogen and oxygen atoms in total. The Balaban J connectivity index is 0.963. The predicted molar refractivity (Wildman–Crippen MR) is 223 cm³/mol. The average molecular weight is 720 g/mol. The molecular weight excluding hydrogens is 691 g/mol. The Morgan fingerprint density at radius 1 is 0.286 bits per heavy atom. The molecule has 0 saturated carbocycles. The summed E-state index contributed by atoms with van der Waals surface area (Å²) >= 11 is 0. The smallest absolute Gasteiger partial charge is 0.180 e. The molecule has 0 saturated heterocycles. The lowest BCUT2D eigenvalue weighted by Gasteiger charge is -2.08. The summed E-state index contributed by atoms with van der Waals surface area (Å²) in [6.07, 6.45) is 0. The molecule has 7 aromatic carbocycles. The van der Waals surface area contributed by atoms with Gasteiger partial charge in [-0.3, -0.25) is 0 Å². The average Bonchev–Trinajstić information content (AvgIpc) is 3.84. The van der Waals surface area contributed by atoms with Gasteiger partial charge in [-0.25, -0.2) is 24.9 Å². The van der Waals surface area contributed by atoms with Crippen LogP contribution in [-0.4, -0.2) is 24.9 Å². The fourth-order valence-electron chi connectivity index (χ4n) is 7.36. The lowest BCUT2D eigenvalue weighted by atomic mass is 10.0. The van der Waals surface area contributed by atoms with E-state index in [9.17, 15) is 0 Å². The largest absolute Gasteiger partial charge is 0.456 e. The van der Waals surface area contributed by atoms with Crippen molar-refractivity contribution in [3.8, 4) is 67.9 Å². The molecule has 0 N–H and O–H groups in total. The first kappa shape index (κ1) is 31.7. The molecule has 0 spiro atoms. The molecule has 0 fully saturated rings. The highest BCUT2D eigenvalue weighted by Gasteiger charge is 2.19. The van der Waals surface area contributed by atoms with Gasteiger partial charge in [0.1, 0.15) is 28.0 Å². The zero-order valence-electron chi connectivity index (χ0n) is 29.8. The monoisotopic (exact) mass is 719 g/mol. The summed E-state index contributed by atoms with van der Waals surface area (Å²) < 4.78 is 12.8. The van der Waals surface area contributed by atoms with Gasteiger partial charge in [-0.1, -0.05) is 133 Å². The van der Waals surface area contributed by atoms with Crippen molar-refractivity contribution < 1.29 is 8.83 Å². The second kappa shape index (κ2) is 13.0. The van der Waals surface area contributed by atoms with Crippen LogP contribution in [0.5, 0.6) is 0 Å². The molecule has 0 aliphatic carbocycles. The number of para-hydroxylation sites is 1. The minimum atomic E-state index is 0.602. The van der Waals surface area contributed by atoms with Gasteiger partial charge in [0.15, 0.2) is 28.9 Å². The van der Waals surface area contributed by atoms with Crippen LogP contribution < -0.4 is 0 Å². The molecule has 0 bridgehead atoms. The maximum atomic E-state index is 6.43. The third-order valence-electron chi connectivity index (χ3n) is 10.2. The molecule has 11 rings (SSSR count). The van der Waals surface area contributed by atoms with Crippen molar-refractivity contribution in [3.63, 3.8) is 0 Å². The summed E-state index contributed by atoms with van der Waals surface area (Å²) in [6.45, 7) is 0. The van der Waals surface area contributed by atoms with E-state index >= 15 is 0 Å². The van der Waals surface area contributed by atoms with Gasteiger partial charge in [-0.2, -0.15) is 0 Å². The van der Waals surface area contributed by atoms with Gasteiger partial charge >= 0.3 is 0 Å². The van der Waals surface area contributed by atoms with Gasteiger partial charge in [0.2, 0.25) is 0 Å². The number of hydrogen-bond donors (Lipinski definition) is 0. The number of aromatic nitrogens is 5. The van der Waals surface area contributed by atoms with E-state index in [1.54, 1.807) is 0 Å². The van der Waals surface area contributed by atoms with Crippen molar-refractivity contribution in [1.29, 1.82) is 0 Å². The Kier molecular flexibility index (Phi) is 7.35. The van der Waals surface area contributed by atoms with E-state index in [2.05, 4.69) is 48.5 Å². The van der Waals surface area contributed by atoms with Crippen molar-refractivity contribution in [2.45, 2.75) is 0 Å². The van der Waals surface area contributed by atoms with E-state index in [4.69, 9.17) is 33.8 Å². The summed E-state index contributed by atoms with van der Waals surface area (Å²) in [5.41, 5.74) is 11.4. The number of furan rings is 2. The van der Waals surface area contributed by atoms with Gasteiger partial charge in [0.05, 0.1) is 0 Å². The zero-order chi connectivity index (χ0) is 37.0. The van der Waals surface area contributed by atoms with Gasteiger partial charge in [-0.05, 0) is 53.6 Å². The molecule has 262 valence electrons. The number of nitrogens with zero attached hydrogens (tertiary/aromatic N) is 5. The highest BCUT2D eigenvalue weighted by Crippen LogP contribution is 2.38. The van der Waals surface area contributed by atoms with Gasteiger partial charge in [0.25, 0.3) is 0 Å². The molecule has 7 heteroatoms. The quantitative estimate of drug-likeness (QED) is 0.169. The van der Waals surface area contributed by atoms with Crippen LogP contribution in [0.1, 0.15) is 0 Å². The van der Waals surface area contributed by atoms with Crippen LogP contribution in [-0.2, 0) is 0 Å². The molecule has 4 aromatic heterocycles. The molecule has 0 aliphatic heterocycles. The summed E-state index contributed by atoms with van der Waals surface area (Å²) in [5.74, 6) is 2.51. The number of benzene rings is 7. The van der Waals surface area contributed by atoms with E-state index in [0.717, 1.165) is 83.1 Å². The maximum absolute atomic E-state index is 6.43. The molecule has 0 amide bonds. The molecule has 11 aromatic rings. The number of fused-ring (bicyclic) bond motifs is 6. The van der Waals surface area contributed by atoms with Crippen molar-refractivity contribution in [2.75, 3.05) is 0 Å². The Morgan fingerprint density at radius 3 is 1.46 bits per heavy atom. The summed E-state index contributed by atoms with van der Waals surface area (Å²) in [5, 5.41) is 2.98. The Labute approximate surface area is 320 Å². The summed E-state index contributed by atoms with van der Waals surface area (Å²) in [4.78, 5) is 24.7. The van der Waals surface area contributed by atoms with Crippen molar-refractivity contribution in [1.82, 2.24) is 24.9 Å². The summed E-state index contributed by atoms with van der Waals surface area (Å²) in [6, 6.07) is 59.0. The molecular formula is C49H29N5O2. The molecule has 0 aliphatic rings. The van der Waals surface area contributed by atoms with Gasteiger partial charge in [-0.15, -0.1) is 0 Å². The van der Waals surface area contributed by atoms with E-state index in [-0.39, 0.29) is 0 Å². The molecule has 0 unspecified atom stereocenters. The van der Waals surface area contributed by atoms with E-state index in [0.29, 0.717) is 28.9 Å². The van der Waals surface area contributed by atoms with Crippen molar-refractivity contribution in [2.24, 2.45) is 0 Å². The Hall–Kier alpha value is -7.77. The highest BCUT2D eigenvalue weighted by atomic mass is 16.3. The van der Waals surface area contributed by atoms with Crippen LogP contribution in [0.2, 0.25) is 0 Å². The minimum absolute atomic E-state index is 0.602. The second-order valence-corrected chi connectivity index (χ2v) is 13.7. The van der Waals surface area contributed by atoms with Crippen molar-refractivity contribution >= 4 is 44.0 Å². The third-order valence-corrected chi connectivity index (χ3v) is 10.2. The number of rotatable bonds is 6. The van der Waals surface area contributed by atoms with Crippen LogP contribution in [0.3, 0.4) is 0 Å². The van der Waals surface area contributed by atoms with E-state index in [1.165, 1.54) is 0 Å². The Morgan fingerprint density at radius 2 is 0.804 bits per heavy atom. The van der Waals surface area contributed by atoms with Crippen molar-refractivity contribution in [3.05, 3.63) is 176 Å².